The molecule has 0 fully saturated rings. The van der Waals surface area contributed by atoms with E-state index in [2.05, 4.69) is 21.3 Å². The summed E-state index contributed by atoms with van der Waals surface area (Å²) in [6.45, 7) is 6.06. The summed E-state index contributed by atoms with van der Waals surface area (Å²) in [4.78, 5) is 25.0. The molecule has 204 valence electrons. The molecule has 7 heteroatoms. The Morgan fingerprint density at radius 3 is 1.70 bits per heavy atom. The first-order valence-electron chi connectivity index (χ1n) is 14.0. The molecular formula is C30H47N5O2. The first-order chi connectivity index (χ1) is 18.2. The van der Waals surface area contributed by atoms with Gasteiger partial charge in [-0.3, -0.25) is 9.59 Å². The molecule has 0 atom stereocenters. The minimum Gasteiger partial charge on any atom is -0.356 e. The molecule has 0 heterocycles. The molecule has 2 amide bonds. The Bertz CT molecular complexity index is 808. The van der Waals surface area contributed by atoms with Crippen molar-refractivity contribution in [3.8, 4) is 0 Å². The maximum absolute atomic E-state index is 13.0. The Hall–Kier alpha value is -2.74. The van der Waals surface area contributed by atoms with E-state index in [1.165, 1.54) is 6.42 Å². The Kier molecular flexibility index (Phi) is 16.8. The van der Waals surface area contributed by atoms with Gasteiger partial charge < -0.3 is 27.0 Å². The number of rotatable bonds is 21. The third-order valence-corrected chi connectivity index (χ3v) is 6.28. The second-order valence-corrected chi connectivity index (χ2v) is 9.41. The van der Waals surface area contributed by atoms with Crippen molar-refractivity contribution in [2.75, 3.05) is 45.8 Å². The van der Waals surface area contributed by atoms with Gasteiger partial charge in [-0.2, -0.15) is 0 Å². The van der Waals surface area contributed by atoms with E-state index in [4.69, 9.17) is 5.73 Å². The Morgan fingerprint density at radius 1 is 0.595 bits per heavy atom. The summed E-state index contributed by atoms with van der Waals surface area (Å²) in [6, 6.07) is 19.8. The molecule has 0 unspecified atom stereocenters. The smallest absolute Gasteiger partial charge is 0.232 e. The van der Waals surface area contributed by atoms with Crippen LogP contribution in [0.15, 0.2) is 60.7 Å². The van der Waals surface area contributed by atoms with Crippen molar-refractivity contribution in [2.45, 2.75) is 57.3 Å². The third kappa shape index (κ3) is 14.0. The fourth-order valence-corrected chi connectivity index (χ4v) is 4.19. The van der Waals surface area contributed by atoms with E-state index in [9.17, 15) is 9.59 Å². The number of unbranched alkanes of at least 4 members (excludes halogenated alkanes) is 3. The number of carbonyl (C=O) groups excluding carboxylic acids is 2. The zero-order chi connectivity index (χ0) is 26.4. The lowest BCUT2D eigenvalue weighted by atomic mass is 9.90. The standard InChI is InChI=1S/C30H47N5O2/c31-19-12-22-32-20-10-11-21-33-23-13-25-34-28(36)18-8-3-9-24-35-30(37)29(26-14-4-1-5-15-26)27-16-6-2-7-17-27/h1-2,4-7,14-17,29,32-33H,3,8-13,18-25,31H2,(H,34,36)(H,35,37). The van der Waals surface area contributed by atoms with Crippen LogP contribution < -0.4 is 27.0 Å². The average molecular weight is 510 g/mol. The molecule has 2 rings (SSSR count). The molecule has 7 nitrogen and oxygen atoms in total. The molecule has 0 saturated carbocycles. The number of benzene rings is 2. The van der Waals surface area contributed by atoms with Crippen LogP contribution in [0.2, 0.25) is 0 Å². The summed E-state index contributed by atoms with van der Waals surface area (Å²) < 4.78 is 0. The number of hydrogen-bond donors (Lipinski definition) is 5. The van der Waals surface area contributed by atoms with Gasteiger partial charge in [-0.1, -0.05) is 67.1 Å². The fourth-order valence-electron chi connectivity index (χ4n) is 4.19. The van der Waals surface area contributed by atoms with Gasteiger partial charge in [0.05, 0.1) is 5.92 Å². The molecule has 2 aromatic carbocycles. The quantitative estimate of drug-likeness (QED) is 0.166. The van der Waals surface area contributed by atoms with Crippen LogP contribution in [0.25, 0.3) is 0 Å². The van der Waals surface area contributed by atoms with Crippen molar-refractivity contribution in [3.63, 3.8) is 0 Å². The highest BCUT2D eigenvalue weighted by Gasteiger charge is 2.21. The van der Waals surface area contributed by atoms with E-state index in [1.54, 1.807) is 0 Å². The molecular weight excluding hydrogens is 462 g/mol. The van der Waals surface area contributed by atoms with Crippen molar-refractivity contribution in [1.82, 2.24) is 21.3 Å². The van der Waals surface area contributed by atoms with Gasteiger partial charge in [0, 0.05) is 19.5 Å². The van der Waals surface area contributed by atoms with Crippen LogP contribution >= 0.6 is 0 Å². The van der Waals surface area contributed by atoms with Crippen molar-refractivity contribution < 1.29 is 9.59 Å². The van der Waals surface area contributed by atoms with E-state index < -0.39 is 0 Å². The van der Waals surface area contributed by atoms with Crippen LogP contribution in [0.4, 0.5) is 0 Å². The Morgan fingerprint density at radius 2 is 1.11 bits per heavy atom. The van der Waals surface area contributed by atoms with Gasteiger partial charge in [0.2, 0.25) is 11.8 Å². The summed E-state index contributed by atoms with van der Waals surface area (Å²) in [5, 5.41) is 12.9. The predicted octanol–water partition coefficient (Wildman–Crippen LogP) is 3.31. The molecule has 0 spiro atoms. The van der Waals surface area contributed by atoms with Gasteiger partial charge in [-0.25, -0.2) is 0 Å². The normalized spacial score (nSPS) is 11.0. The summed E-state index contributed by atoms with van der Waals surface area (Å²) in [6.07, 6.45) is 7.44. The third-order valence-electron chi connectivity index (χ3n) is 6.28. The number of amides is 2. The van der Waals surface area contributed by atoms with Gasteiger partial charge in [0.1, 0.15) is 0 Å². The lowest BCUT2D eigenvalue weighted by molar-refractivity contribution is -0.122. The van der Waals surface area contributed by atoms with Gasteiger partial charge in [0.15, 0.2) is 0 Å². The number of nitrogens with two attached hydrogens (primary N) is 1. The fraction of sp³-hybridized carbons (Fsp3) is 0.533. The lowest BCUT2D eigenvalue weighted by Crippen LogP contribution is -2.31. The van der Waals surface area contributed by atoms with Gasteiger partial charge >= 0.3 is 0 Å². The summed E-state index contributed by atoms with van der Waals surface area (Å²) in [5.74, 6) is -0.185. The predicted molar refractivity (Wildman–Crippen MR) is 152 cm³/mol. The molecule has 0 aromatic heterocycles. The summed E-state index contributed by atoms with van der Waals surface area (Å²) in [7, 11) is 0. The summed E-state index contributed by atoms with van der Waals surface area (Å²) in [5.41, 5.74) is 7.45. The summed E-state index contributed by atoms with van der Waals surface area (Å²) >= 11 is 0. The number of nitrogens with one attached hydrogen (secondary N) is 4. The van der Waals surface area contributed by atoms with Crippen molar-refractivity contribution in [3.05, 3.63) is 71.8 Å². The molecule has 2 aromatic rings. The highest BCUT2D eigenvalue weighted by Crippen LogP contribution is 2.24. The maximum Gasteiger partial charge on any atom is 0.232 e. The lowest BCUT2D eigenvalue weighted by Gasteiger charge is -2.18. The number of hydrogen-bond acceptors (Lipinski definition) is 5. The van der Waals surface area contributed by atoms with Crippen molar-refractivity contribution >= 4 is 11.8 Å². The molecule has 0 aliphatic rings. The molecule has 0 saturated heterocycles. The second-order valence-electron chi connectivity index (χ2n) is 9.41. The molecule has 0 aliphatic carbocycles. The second kappa shape index (κ2) is 20.3. The minimum atomic E-state index is -0.314. The van der Waals surface area contributed by atoms with Gasteiger partial charge in [-0.15, -0.1) is 0 Å². The van der Waals surface area contributed by atoms with E-state index in [1.807, 2.05) is 60.7 Å². The van der Waals surface area contributed by atoms with Gasteiger partial charge in [0.25, 0.3) is 0 Å². The highest BCUT2D eigenvalue weighted by molar-refractivity contribution is 5.87. The SMILES string of the molecule is NCCCNCCCCNCCCNC(=O)CCCCCNC(=O)C(c1ccccc1)c1ccccc1. The van der Waals surface area contributed by atoms with Crippen molar-refractivity contribution in [1.29, 1.82) is 0 Å². The van der Waals surface area contributed by atoms with Crippen molar-refractivity contribution in [2.24, 2.45) is 5.73 Å². The van der Waals surface area contributed by atoms with E-state index >= 15 is 0 Å². The minimum absolute atomic E-state index is 0.0166. The Labute approximate surface area is 223 Å². The molecule has 6 N–H and O–H groups in total. The van der Waals surface area contributed by atoms with Crippen LogP contribution in [-0.2, 0) is 9.59 Å². The average Bonchev–Trinajstić information content (AvgIpc) is 2.92. The first kappa shape index (κ1) is 30.5. The van der Waals surface area contributed by atoms with E-state index in [0.29, 0.717) is 19.5 Å². The first-order valence-corrected chi connectivity index (χ1v) is 14.0. The molecule has 0 radical (unpaired) electrons. The van der Waals surface area contributed by atoms with Crippen LogP contribution in [0.3, 0.4) is 0 Å². The number of carbonyl (C=O) groups is 2. The van der Waals surface area contributed by atoms with Crippen LogP contribution in [-0.4, -0.2) is 57.6 Å². The Balaban J connectivity index is 1.48. The van der Waals surface area contributed by atoms with Crippen LogP contribution in [0, 0.1) is 0 Å². The van der Waals surface area contributed by atoms with Crippen LogP contribution in [0.5, 0.6) is 0 Å². The zero-order valence-corrected chi connectivity index (χ0v) is 22.4. The molecule has 0 aliphatic heterocycles. The largest absolute Gasteiger partial charge is 0.356 e. The molecule has 37 heavy (non-hydrogen) atoms. The van der Waals surface area contributed by atoms with E-state index in [-0.39, 0.29) is 17.7 Å². The zero-order valence-electron chi connectivity index (χ0n) is 22.4. The topological polar surface area (TPSA) is 108 Å². The monoisotopic (exact) mass is 509 g/mol. The van der Waals surface area contributed by atoms with E-state index in [0.717, 1.165) is 82.4 Å². The van der Waals surface area contributed by atoms with Crippen LogP contribution in [0.1, 0.15) is 68.4 Å². The highest BCUT2D eigenvalue weighted by atomic mass is 16.2. The maximum atomic E-state index is 13.0. The molecule has 0 bridgehead atoms. The van der Waals surface area contributed by atoms with Gasteiger partial charge in [-0.05, 0) is 82.4 Å².